The summed E-state index contributed by atoms with van der Waals surface area (Å²) >= 11 is 0. The summed E-state index contributed by atoms with van der Waals surface area (Å²) in [5.74, 6) is -0.450. The van der Waals surface area contributed by atoms with Gasteiger partial charge in [-0.2, -0.15) is 0 Å². The monoisotopic (exact) mass is 326 g/mol. The maximum Gasteiger partial charge on any atom is 0.303 e. The quantitative estimate of drug-likeness (QED) is 0.375. The van der Waals surface area contributed by atoms with Gasteiger partial charge < -0.3 is 15.3 Å². The summed E-state index contributed by atoms with van der Waals surface area (Å²) in [7, 11) is 0. The summed E-state index contributed by atoms with van der Waals surface area (Å²) in [5, 5.41) is 29.0. The first-order valence-corrected chi connectivity index (χ1v) is 9.29. The summed E-state index contributed by atoms with van der Waals surface area (Å²) < 4.78 is 0. The van der Waals surface area contributed by atoms with Gasteiger partial charge in [-0.1, -0.05) is 44.8 Å². The molecule has 1 rings (SSSR count). The second-order valence-corrected chi connectivity index (χ2v) is 6.89. The summed E-state index contributed by atoms with van der Waals surface area (Å²) in [6, 6.07) is 0. The van der Waals surface area contributed by atoms with Gasteiger partial charge in [-0.05, 0) is 50.4 Å². The number of aliphatic carboxylic acids is 1. The molecule has 0 aromatic heterocycles. The molecule has 23 heavy (non-hydrogen) atoms. The number of hydrogen-bond donors (Lipinski definition) is 3. The molecule has 0 amide bonds. The van der Waals surface area contributed by atoms with E-state index >= 15 is 0 Å². The maximum absolute atomic E-state index is 10.5. The van der Waals surface area contributed by atoms with Crippen molar-refractivity contribution < 1.29 is 20.1 Å². The first kappa shape index (κ1) is 20.2. The third kappa shape index (κ3) is 7.98. The smallest absolute Gasteiger partial charge is 0.303 e. The molecule has 0 saturated heterocycles. The van der Waals surface area contributed by atoms with Crippen molar-refractivity contribution in [3.8, 4) is 0 Å². The van der Waals surface area contributed by atoms with E-state index in [9.17, 15) is 15.0 Å². The van der Waals surface area contributed by atoms with Crippen LogP contribution >= 0.6 is 0 Å². The zero-order valence-electron chi connectivity index (χ0n) is 14.5. The molecule has 0 bridgehead atoms. The van der Waals surface area contributed by atoms with E-state index in [0.29, 0.717) is 12.8 Å². The first-order valence-electron chi connectivity index (χ1n) is 9.29. The lowest BCUT2D eigenvalue weighted by molar-refractivity contribution is -0.137. The van der Waals surface area contributed by atoms with Gasteiger partial charge in [-0.15, -0.1) is 0 Å². The average molecular weight is 326 g/mol. The molecule has 0 radical (unpaired) electrons. The maximum atomic E-state index is 10.5. The van der Waals surface area contributed by atoms with Gasteiger partial charge in [0.15, 0.2) is 0 Å². The highest BCUT2D eigenvalue weighted by Crippen LogP contribution is 2.38. The van der Waals surface area contributed by atoms with E-state index in [4.69, 9.17) is 5.11 Å². The number of allylic oxidation sites excluding steroid dienone is 2. The van der Waals surface area contributed by atoms with E-state index in [0.717, 1.165) is 32.1 Å². The van der Waals surface area contributed by atoms with Crippen molar-refractivity contribution >= 4 is 5.97 Å². The molecular formula is C19H34O4. The van der Waals surface area contributed by atoms with Crippen molar-refractivity contribution in [2.24, 2.45) is 11.8 Å². The topological polar surface area (TPSA) is 77.8 Å². The van der Waals surface area contributed by atoms with Crippen molar-refractivity contribution in [2.45, 2.75) is 89.8 Å². The van der Waals surface area contributed by atoms with Crippen LogP contribution in [0.15, 0.2) is 12.2 Å². The first-order chi connectivity index (χ1) is 11.1. The van der Waals surface area contributed by atoms with Crippen molar-refractivity contribution in [3.05, 3.63) is 12.2 Å². The van der Waals surface area contributed by atoms with E-state index in [1.165, 1.54) is 19.3 Å². The fourth-order valence-electron chi connectivity index (χ4n) is 3.62. The van der Waals surface area contributed by atoms with Gasteiger partial charge in [0.25, 0.3) is 0 Å². The lowest BCUT2D eigenvalue weighted by atomic mass is 9.86. The van der Waals surface area contributed by atoms with Crippen LogP contribution < -0.4 is 0 Å². The Bertz CT molecular complexity index is 353. The summed E-state index contributed by atoms with van der Waals surface area (Å²) in [6.07, 6.45) is 13.3. The van der Waals surface area contributed by atoms with Crippen LogP contribution in [0, 0.1) is 11.8 Å². The molecule has 1 aliphatic rings. The molecule has 0 spiro atoms. The van der Waals surface area contributed by atoms with Gasteiger partial charge in [0.2, 0.25) is 0 Å². The number of rotatable bonds is 12. The molecule has 0 heterocycles. The van der Waals surface area contributed by atoms with Crippen LogP contribution in [0.1, 0.15) is 77.6 Å². The molecule has 3 N–H and O–H groups in total. The highest BCUT2D eigenvalue weighted by molar-refractivity contribution is 5.66. The Morgan fingerprint density at radius 2 is 1.74 bits per heavy atom. The second-order valence-electron chi connectivity index (χ2n) is 6.89. The number of unbranched alkanes of at least 4 members (excludes halogenated alkanes) is 5. The Morgan fingerprint density at radius 3 is 2.43 bits per heavy atom. The molecule has 4 atom stereocenters. The van der Waals surface area contributed by atoms with Gasteiger partial charge in [0, 0.05) is 6.42 Å². The second kappa shape index (κ2) is 11.6. The summed E-state index contributed by atoms with van der Waals surface area (Å²) in [5.41, 5.74) is 0. The van der Waals surface area contributed by atoms with E-state index in [2.05, 4.69) is 19.1 Å². The molecule has 4 unspecified atom stereocenters. The molecule has 1 aliphatic carbocycles. The van der Waals surface area contributed by atoms with Crippen LogP contribution in [-0.4, -0.2) is 33.5 Å². The van der Waals surface area contributed by atoms with Crippen LogP contribution in [-0.2, 0) is 4.79 Å². The van der Waals surface area contributed by atoms with Gasteiger partial charge in [-0.3, -0.25) is 4.79 Å². The van der Waals surface area contributed by atoms with Crippen LogP contribution in [0.3, 0.4) is 0 Å². The minimum Gasteiger partial charge on any atom is -0.481 e. The van der Waals surface area contributed by atoms with Gasteiger partial charge in [-0.25, -0.2) is 0 Å². The van der Waals surface area contributed by atoms with Crippen LogP contribution in [0.4, 0.5) is 0 Å². The number of carboxylic acids is 1. The minimum atomic E-state index is -0.743. The highest BCUT2D eigenvalue weighted by Gasteiger charge is 2.40. The predicted molar refractivity (Wildman–Crippen MR) is 92.2 cm³/mol. The lowest BCUT2D eigenvalue weighted by Gasteiger charge is -2.22. The number of carbonyl (C=O) groups is 1. The number of aliphatic hydroxyl groups is 2. The van der Waals surface area contributed by atoms with Gasteiger partial charge in [0.1, 0.15) is 0 Å². The van der Waals surface area contributed by atoms with Gasteiger partial charge >= 0.3 is 5.97 Å². The molecule has 1 fully saturated rings. The predicted octanol–water partition coefficient (Wildman–Crippen LogP) is 3.91. The normalized spacial score (nSPS) is 27.8. The molecule has 4 heteroatoms. The van der Waals surface area contributed by atoms with Crippen molar-refractivity contribution in [2.75, 3.05) is 0 Å². The molecule has 0 aromatic rings. The van der Waals surface area contributed by atoms with Gasteiger partial charge in [0.05, 0.1) is 12.2 Å². The molecule has 134 valence electrons. The third-order valence-electron chi connectivity index (χ3n) is 5.00. The fourth-order valence-corrected chi connectivity index (χ4v) is 3.62. The average Bonchev–Trinajstić information content (AvgIpc) is 2.76. The van der Waals surface area contributed by atoms with E-state index < -0.39 is 18.2 Å². The van der Waals surface area contributed by atoms with Crippen molar-refractivity contribution in [3.63, 3.8) is 0 Å². The zero-order valence-corrected chi connectivity index (χ0v) is 14.5. The SMILES string of the molecule is CCCCCC=CCC1C(O)CC(O)C1CCCCCC(=O)O. The molecule has 1 saturated carbocycles. The highest BCUT2D eigenvalue weighted by atomic mass is 16.4. The van der Waals surface area contributed by atoms with Crippen LogP contribution in [0.5, 0.6) is 0 Å². The Hall–Kier alpha value is -0.870. The van der Waals surface area contributed by atoms with E-state index in [1.807, 2.05) is 0 Å². The Morgan fingerprint density at radius 1 is 1.00 bits per heavy atom. The van der Waals surface area contributed by atoms with E-state index in [-0.39, 0.29) is 18.3 Å². The van der Waals surface area contributed by atoms with Crippen molar-refractivity contribution in [1.29, 1.82) is 0 Å². The summed E-state index contributed by atoms with van der Waals surface area (Å²) in [4.78, 5) is 10.5. The number of aliphatic hydroxyl groups excluding tert-OH is 2. The standard InChI is InChI=1S/C19H34O4/c1-2-3-4-5-6-8-11-15-16(18(21)14-17(15)20)12-9-7-10-13-19(22)23/h6,8,15-18,20-21H,2-5,7,9-14H2,1H3,(H,22,23). The fraction of sp³-hybridized carbons (Fsp3) is 0.842. The molecule has 4 nitrogen and oxygen atoms in total. The zero-order chi connectivity index (χ0) is 17.1. The Balaban J connectivity index is 2.31. The summed E-state index contributed by atoms with van der Waals surface area (Å²) in [6.45, 7) is 2.20. The van der Waals surface area contributed by atoms with Crippen molar-refractivity contribution in [1.82, 2.24) is 0 Å². The largest absolute Gasteiger partial charge is 0.481 e. The third-order valence-corrected chi connectivity index (χ3v) is 5.00. The number of hydrogen-bond acceptors (Lipinski definition) is 3. The van der Waals surface area contributed by atoms with Crippen LogP contribution in [0.2, 0.25) is 0 Å². The van der Waals surface area contributed by atoms with Crippen LogP contribution in [0.25, 0.3) is 0 Å². The Labute approximate surface area is 140 Å². The number of carboxylic acid groups (broad SMARTS) is 1. The Kier molecular flexibility index (Phi) is 10.2. The molecule has 0 aromatic carbocycles. The molecule has 0 aliphatic heterocycles. The minimum absolute atomic E-state index is 0.145. The molecular weight excluding hydrogens is 292 g/mol. The lowest BCUT2D eigenvalue weighted by Crippen LogP contribution is -2.21. The van der Waals surface area contributed by atoms with E-state index in [1.54, 1.807) is 0 Å².